The van der Waals surface area contributed by atoms with Crippen molar-refractivity contribution in [2.24, 2.45) is 0 Å². The fourth-order valence-electron chi connectivity index (χ4n) is 2.94. The lowest BCUT2D eigenvalue weighted by Crippen LogP contribution is -2.50. The van der Waals surface area contributed by atoms with Gasteiger partial charge in [0.1, 0.15) is 6.04 Å². The number of H-pyrrole nitrogens is 1. The first-order valence-corrected chi connectivity index (χ1v) is 10.9. The molecule has 6 nitrogen and oxygen atoms in total. The number of esters is 1. The molecule has 2 aromatic rings. The summed E-state index contributed by atoms with van der Waals surface area (Å²) < 4.78 is 4.91. The molecule has 0 radical (unpaired) electrons. The van der Waals surface area contributed by atoms with E-state index in [1.54, 1.807) is 17.8 Å². The van der Waals surface area contributed by atoms with Crippen molar-refractivity contribution in [2.75, 3.05) is 19.1 Å². The molecule has 0 fully saturated rings. The van der Waals surface area contributed by atoms with Gasteiger partial charge in [0.05, 0.1) is 7.11 Å². The number of methoxy groups -OCH3 is 1. The Bertz CT molecular complexity index is 882. The van der Waals surface area contributed by atoms with Gasteiger partial charge in [-0.1, -0.05) is 18.2 Å². The predicted molar refractivity (Wildman–Crippen MR) is 120 cm³/mol. The summed E-state index contributed by atoms with van der Waals surface area (Å²) in [6.07, 6.45) is 2.61. The van der Waals surface area contributed by atoms with Gasteiger partial charge in [-0.25, -0.2) is 4.79 Å². The molecule has 2 N–H and O–H groups in total. The maximum Gasteiger partial charge on any atom is 0.328 e. The number of hydrogen-bond acceptors (Lipinski definition) is 5. The summed E-state index contributed by atoms with van der Waals surface area (Å²) in [5.74, 6) is 0.483. The molecule has 0 spiro atoms. The van der Waals surface area contributed by atoms with Gasteiger partial charge < -0.3 is 19.9 Å². The number of rotatable bonds is 8. The van der Waals surface area contributed by atoms with Crippen LogP contribution in [0.2, 0.25) is 0 Å². The third-order valence-corrected chi connectivity index (χ3v) is 5.45. The monoisotopic (exact) mass is 421 g/mol. The topological polar surface area (TPSA) is 74.4 Å². The van der Waals surface area contributed by atoms with Crippen molar-refractivity contribution in [2.45, 2.75) is 38.9 Å². The van der Waals surface area contributed by atoms with Gasteiger partial charge in [0, 0.05) is 29.6 Å². The number of para-hydroxylation sites is 1. The van der Waals surface area contributed by atoms with Gasteiger partial charge in [0.25, 0.3) is 0 Å². The minimum absolute atomic E-state index is 0.0805. The summed E-state index contributed by atoms with van der Waals surface area (Å²) in [7, 11) is 1.38. The Balaban J connectivity index is 2.27. The van der Waals surface area contributed by atoms with Crippen LogP contribution in [0, 0.1) is 0 Å². The molecule has 0 amide bonds. The van der Waals surface area contributed by atoms with Gasteiger partial charge in [0.15, 0.2) is 5.11 Å². The summed E-state index contributed by atoms with van der Waals surface area (Å²) >= 11 is 7.28. The third kappa shape index (κ3) is 5.72. The van der Waals surface area contributed by atoms with Gasteiger partial charge in [-0.2, -0.15) is 11.8 Å². The van der Waals surface area contributed by atoms with Crippen molar-refractivity contribution in [3.63, 3.8) is 0 Å². The molecule has 0 bridgehead atoms. The minimum Gasteiger partial charge on any atom is -0.467 e. The molecule has 0 saturated carbocycles. The zero-order valence-electron chi connectivity index (χ0n) is 16.7. The Labute approximate surface area is 175 Å². The van der Waals surface area contributed by atoms with Gasteiger partial charge in [-0.3, -0.25) is 4.79 Å². The molecule has 152 valence electrons. The van der Waals surface area contributed by atoms with Crippen LogP contribution < -0.4 is 10.9 Å². The summed E-state index contributed by atoms with van der Waals surface area (Å²) in [5, 5.41) is 4.59. The lowest BCUT2D eigenvalue weighted by molar-refractivity contribution is -0.142. The second kappa shape index (κ2) is 10.5. The van der Waals surface area contributed by atoms with Crippen LogP contribution in [0.5, 0.6) is 0 Å². The maximum absolute atomic E-state index is 12.1. The molecule has 0 aliphatic heterocycles. The number of hydrogen-bond donors (Lipinski definition) is 2. The molecule has 1 atom stereocenters. The molecule has 8 heteroatoms. The quantitative estimate of drug-likeness (QED) is 0.501. The smallest absolute Gasteiger partial charge is 0.328 e. The predicted octanol–water partition coefficient (Wildman–Crippen LogP) is 2.91. The maximum atomic E-state index is 12.1. The average Bonchev–Trinajstić information content (AvgIpc) is 2.67. The Morgan fingerprint density at radius 1 is 1.36 bits per heavy atom. The van der Waals surface area contributed by atoms with Gasteiger partial charge in [-0.15, -0.1) is 0 Å². The van der Waals surface area contributed by atoms with Crippen molar-refractivity contribution in [3.05, 3.63) is 46.2 Å². The number of pyridine rings is 1. The average molecular weight is 422 g/mol. The standard InChI is InChI=1S/C20H27N3O3S2/c1-13(2)23(20(27)22-17(9-10-28-4)19(25)26-3)12-14-11-18(24)21-16-8-6-5-7-15(14)16/h5-8,11,13,17H,9-10,12H2,1-4H3,(H,21,24)(H,22,27). The fourth-order valence-corrected chi connectivity index (χ4v) is 3.83. The number of aromatic amines is 1. The molecule has 1 aromatic heterocycles. The Kier molecular flexibility index (Phi) is 8.32. The normalized spacial score (nSPS) is 12.0. The first-order chi connectivity index (χ1) is 13.4. The number of benzene rings is 1. The van der Waals surface area contributed by atoms with E-state index >= 15 is 0 Å². The number of thioether (sulfide) groups is 1. The van der Waals surface area contributed by atoms with Crippen LogP contribution in [0.15, 0.2) is 35.1 Å². The second-order valence-corrected chi connectivity index (χ2v) is 8.11. The summed E-state index contributed by atoms with van der Waals surface area (Å²) in [6.45, 7) is 4.52. The fraction of sp³-hybridized carbons (Fsp3) is 0.450. The van der Waals surface area contributed by atoms with Crippen molar-refractivity contribution < 1.29 is 9.53 Å². The Morgan fingerprint density at radius 3 is 2.71 bits per heavy atom. The van der Waals surface area contributed by atoms with Crippen LogP contribution >= 0.6 is 24.0 Å². The van der Waals surface area contributed by atoms with Crippen LogP contribution in [0.1, 0.15) is 25.8 Å². The zero-order chi connectivity index (χ0) is 20.7. The van der Waals surface area contributed by atoms with Crippen molar-refractivity contribution in [1.82, 2.24) is 15.2 Å². The van der Waals surface area contributed by atoms with E-state index in [2.05, 4.69) is 10.3 Å². The number of thiocarbonyl (C=S) groups is 1. The number of nitrogens with zero attached hydrogens (tertiary/aromatic N) is 1. The van der Waals surface area contributed by atoms with Crippen LogP contribution in [0.3, 0.4) is 0 Å². The van der Waals surface area contributed by atoms with E-state index in [1.165, 1.54) is 7.11 Å². The summed E-state index contributed by atoms with van der Waals surface area (Å²) in [6, 6.07) is 8.87. The lowest BCUT2D eigenvalue weighted by atomic mass is 10.1. The third-order valence-electron chi connectivity index (χ3n) is 4.46. The number of nitrogens with one attached hydrogen (secondary N) is 2. The minimum atomic E-state index is -0.498. The number of carbonyl (C=O) groups excluding carboxylic acids is 1. The number of aromatic nitrogens is 1. The summed E-state index contributed by atoms with van der Waals surface area (Å²) in [4.78, 5) is 29.0. The number of carbonyl (C=O) groups is 1. The molecular weight excluding hydrogens is 394 g/mol. The summed E-state index contributed by atoms with van der Waals surface area (Å²) in [5.41, 5.74) is 1.53. The lowest BCUT2D eigenvalue weighted by Gasteiger charge is -2.32. The van der Waals surface area contributed by atoms with E-state index in [0.29, 0.717) is 18.1 Å². The van der Waals surface area contributed by atoms with Gasteiger partial charge >= 0.3 is 5.97 Å². The van der Waals surface area contributed by atoms with Crippen LogP contribution in [-0.4, -0.2) is 52.2 Å². The highest BCUT2D eigenvalue weighted by molar-refractivity contribution is 7.98. The number of fused-ring (bicyclic) bond motifs is 1. The van der Waals surface area contributed by atoms with E-state index in [4.69, 9.17) is 17.0 Å². The molecule has 1 aromatic carbocycles. The molecule has 1 heterocycles. The van der Waals surface area contributed by atoms with Crippen molar-refractivity contribution in [3.8, 4) is 0 Å². The molecule has 0 saturated heterocycles. The van der Waals surface area contributed by atoms with E-state index < -0.39 is 6.04 Å². The van der Waals surface area contributed by atoms with Gasteiger partial charge in [0.2, 0.25) is 5.56 Å². The van der Waals surface area contributed by atoms with Crippen LogP contribution in [0.4, 0.5) is 0 Å². The highest BCUT2D eigenvalue weighted by Crippen LogP contribution is 2.18. The van der Waals surface area contributed by atoms with Gasteiger partial charge in [-0.05, 0) is 56.1 Å². The highest BCUT2D eigenvalue weighted by atomic mass is 32.2. The highest BCUT2D eigenvalue weighted by Gasteiger charge is 2.23. The Morgan fingerprint density at radius 2 is 2.07 bits per heavy atom. The van der Waals surface area contributed by atoms with Crippen molar-refractivity contribution in [1.29, 1.82) is 0 Å². The molecule has 0 aliphatic carbocycles. The molecule has 0 aliphatic rings. The number of ether oxygens (including phenoxy) is 1. The SMILES string of the molecule is COC(=O)C(CCSC)NC(=S)N(Cc1cc(=O)[nH]c2ccccc12)C(C)C. The van der Waals surface area contributed by atoms with E-state index in [9.17, 15) is 9.59 Å². The van der Waals surface area contributed by atoms with E-state index in [-0.39, 0.29) is 17.6 Å². The molecule has 1 unspecified atom stereocenters. The molecule has 2 rings (SSSR count). The van der Waals surface area contributed by atoms with E-state index in [1.807, 2.05) is 49.3 Å². The van der Waals surface area contributed by atoms with Crippen LogP contribution in [0.25, 0.3) is 10.9 Å². The second-order valence-electron chi connectivity index (χ2n) is 6.73. The largest absolute Gasteiger partial charge is 0.467 e. The zero-order valence-corrected chi connectivity index (χ0v) is 18.3. The van der Waals surface area contributed by atoms with Crippen LogP contribution in [-0.2, 0) is 16.1 Å². The van der Waals surface area contributed by atoms with Crippen molar-refractivity contribution >= 4 is 46.0 Å². The molecular formula is C20H27N3O3S2. The first-order valence-electron chi connectivity index (χ1n) is 9.12. The molecule has 28 heavy (non-hydrogen) atoms. The van der Waals surface area contributed by atoms with E-state index in [0.717, 1.165) is 22.2 Å². The Hall–Kier alpha value is -2.06. The first kappa shape index (κ1) is 22.2.